The second-order valence-electron chi connectivity index (χ2n) is 7.90. The molecule has 3 heterocycles. The summed E-state index contributed by atoms with van der Waals surface area (Å²) < 4.78 is 8.80. The van der Waals surface area contributed by atoms with Crippen LogP contribution < -0.4 is 10.9 Å². The molecular formula is C24H24N4O3. The van der Waals surface area contributed by atoms with Gasteiger partial charge in [0.15, 0.2) is 0 Å². The molecule has 4 aromatic rings. The van der Waals surface area contributed by atoms with Gasteiger partial charge in [0.25, 0.3) is 5.56 Å². The van der Waals surface area contributed by atoms with Crippen LogP contribution in [0.4, 0.5) is 0 Å². The lowest BCUT2D eigenvalue weighted by molar-refractivity contribution is -0.122. The molecule has 1 N–H and O–H groups in total. The number of nitrogens with zero attached hydrogens (tertiary/aromatic N) is 3. The predicted molar refractivity (Wildman–Crippen MR) is 119 cm³/mol. The van der Waals surface area contributed by atoms with Crippen LogP contribution in [0, 0.1) is 0 Å². The van der Waals surface area contributed by atoms with Gasteiger partial charge in [0, 0.05) is 36.0 Å². The number of para-hydroxylation sites is 1. The Bertz CT molecular complexity index is 1290. The third-order valence-electron chi connectivity index (χ3n) is 5.80. The van der Waals surface area contributed by atoms with Crippen molar-refractivity contribution in [1.29, 1.82) is 0 Å². The zero-order valence-electron chi connectivity index (χ0n) is 17.2. The van der Waals surface area contributed by atoms with Crippen molar-refractivity contribution in [3.8, 4) is 0 Å². The van der Waals surface area contributed by atoms with E-state index in [0.717, 1.165) is 41.3 Å². The number of hydrogen-bond donors (Lipinski definition) is 1. The van der Waals surface area contributed by atoms with Crippen LogP contribution in [0.25, 0.3) is 21.8 Å². The van der Waals surface area contributed by atoms with E-state index in [0.29, 0.717) is 18.6 Å². The summed E-state index contributed by atoms with van der Waals surface area (Å²) in [5.41, 5.74) is 2.37. The number of fused-ring (bicyclic) bond motifs is 3. The molecule has 7 nitrogen and oxygen atoms in total. The lowest BCUT2D eigenvalue weighted by atomic mass is 10.2. The molecule has 0 aliphatic carbocycles. The molecule has 7 heteroatoms. The molecule has 1 aliphatic rings. The van der Waals surface area contributed by atoms with Crippen molar-refractivity contribution in [2.45, 2.75) is 32.0 Å². The Hall–Kier alpha value is -3.45. The van der Waals surface area contributed by atoms with Crippen LogP contribution in [0.2, 0.25) is 0 Å². The highest BCUT2D eigenvalue weighted by atomic mass is 16.5. The number of benzene rings is 2. The first-order chi connectivity index (χ1) is 15.2. The molecule has 0 radical (unpaired) electrons. The largest absolute Gasteiger partial charge is 0.376 e. The molecule has 1 saturated heterocycles. The van der Waals surface area contributed by atoms with Crippen LogP contribution in [0.5, 0.6) is 0 Å². The van der Waals surface area contributed by atoms with Crippen LogP contribution in [0.1, 0.15) is 18.4 Å². The molecule has 2 aromatic heterocycles. The maximum Gasteiger partial charge on any atom is 0.291 e. The molecule has 1 amide bonds. The number of amides is 1. The van der Waals surface area contributed by atoms with Crippen LogP contribution in [0.15, 0.2) is 65.6 Å². The summed E-state index contributed by atoms with van der Waals surface area (Å²) in [6, 6.07) is 18.0. The van der Waals surface area contributed by atoms with Crippen molar-refractivity contribution < 1.29 is 9.53 Å². The van der Waals surface area contributed by atoms with Gasteiger partial charge in [-0.3, -0.25) is 9.59 Å². The van der Waals surface area contributed by atoms with Crippen LogP contribution >= 0.6 is 0 Å². The van der Waals surface area contributed by atoms with Crippen LogP contribution in [-0.4, -0.2) is 39.5 Å². The molecule has 5 rings (SSSR count). The first kappa shape index (κ1) is 19.5. The molecule has 31 heavy (non-hydrogen) atoms. The van der Waals surface area contributed by atoms with E-state index < -0.39 is 0 Å². The van der Waals surface area contributed by atoms with Crippen molar-refractivity contribution in [2.75, 3.05) is 13.2 Å². The maximum absolute atomic E-state index is 13.4. The van der Waals surface area contributed by atoms with Gasteiger partial charge in [-0.05, 0) is 24.5 Å². The molecule has 0 saturated carbocycles. The second-order valence-corrected chi connectivity index (χ2v) is 7.90. The van der Waals surface area contributed by atoms with Gasteiger partial charge in [0.05, 0.1) is 12.3 Å². The van der Waals surface area contributed by atoms with Crippen molar-refractivity contribution in [3.05, 3.63) is 76.7 Å². The van der Waals surface area contributed by atoms with E-state index in [1.54, 1.807) is 6.20 Å². The minimum absolute atomic E-state index is 0.0597. The van der Waals surface area contributed by atoms with E-state index in [4.69, 9.17) is 4.74 Å². The Morgan fingerprint density at radius 2 is 1.90 bits per heavy atom. The standard InChI is InChI=1S/C24H24N4O3/c29-22(25-13-18-9-6-12-31-18)16-28-24(30)23-20(14-26-28)19-10-4-5-11-21(19)27(23)15-17-7-2-1-3-8-17/h1-5,7-8,10-11,14,18H,6,9,12-13,15-16H2,(H,25,29)/t18-/m0/s1. The van der Waals surface area contributed by atoms with Crippen LogP contribution in [0.3, 0.4) is 0 Å². The Labute approximate surface area is 179 Å². The molecule has 158 valence electrons. The third kappa shape index (κ3) is 3.84. The monoisotopic (exact) mass is 416 g/mol. The average molecular weight is 416 g/mol. The summed E-state index contributed by atoms with van der Waals surface area (Å²) >= 11 is 0. The van der Waals surface area contributed by atoms with Gasteiger partial charge in [-0.15, -0.1) is 0 Å². The van der Waals surface area contributed by atoms with Gasteiger partial charge in [-0.1, -0.05) is 48.5 Å². The van der Waals surface area contributed by atoms with E-state index >= 15 is 0 Å². The highest BCUT2D eigenvalue weighted by molar-refractivity contribution is 6.07. The number of rotatable bonds is 6. The van der Waals surface area contributed by atoms with Crippen molar-refractivity contribution >= 4 is 27.7 Å². The van der Waals surface area contributed by atoms with Crippen molar-refractivity contribution in [3.63, 3.8) is 0 Å². The van der Waals surface area contributed by atoms with E-state index in [2.05, 4.69) is 10.4 Å². The maximum atomic E-state index is 13.4. The van der Waals surface area contributed by atoms with E-state index in [-0.39, 0.29) is 24.1 Å². The lowest BCUT2D eigenvalue weighted by Crippen LogP contribution is -2.37. The van der Waals surface area contributed by atoms with E-state index in [1.165, 1.54) is 4.68 Å². The smallest absolute Gasteiger partial charge is 0.291 e. The van der Waals surface area contributed by atoms with E-state index in [1.807, 2.05) is 59.2 Å². The average Bonchev–Trinajstić information content (AvgIpc) is 3.42. The SMILES string of the molecule is O=C(Cn1ncc2c3ccccc3n(Cc3ccccc3)c2c1=O)NC[C@@H]1CCCO1. The molecule has 1 aliphatic heterocycles. The minimum atomic E-state index is -0.267. The van der Waals surface area contributed by atoms with Crippen molar-refractivity contribution in [1.82, 2.24) is 19.7 Å². The first-order valence-electron chi connectivity index (χ1n) is 10.6. The van der Waals surface area contributed by atoms with Gasteiger partial charge < -0.3 is 14.6 Å². The number of carbonyl (C=O) groups is 1. The summed E-state index contributed by atoms with van der Waals surface area (Å²) in [6.07, 6.45) is 3.71. The van der Waals surface area contributed by atoms with Gasteiger partial charge in [0.1, 0.15) is 12.1 Å². The summed E-state index contributed by atoms with van der Waals surface area (Å²) in [4.78, 5) is 25.8. The Morgan fingerprint density at radius 3 is 2.71 bits per heavy atom. The number of ether oxygens (including phenoxy) is 1. The number of hydrogen-bond acceptors (Lipinski definition) is 4. The summed E-state index contributed by atoms with van der Waals surface area (Å²) in [5, 5.41) is 8.93. The molecule has 2 aromatic carbocycles. The minimum Gasteiger partial charge on any atom is -0.376 e. The van der Waals surface area contributed by atoms with E-state index in [9.17, 15) is 9.59 Å². The Kier molecular flexibility index (Phi) is 5.26. The fourth-order valence-corrected chi connectivity index (χ4v) is 4.26. The Balaban J connectivity index is 1.50. The topological polar surface area (TPSA) is 78.2 Å². The molecule has 1 fully saturated rings. The highest BCUT2D eigenvalue weighted by Gasteiger charge is 2.19. The fraction of sp³-hybridized carbons (Fsp3) is 0.292. The van der Waals surface area contributed by atoms with Crippen molar-refractivity contribution in [2.24, 2.45) is 0 Å². The molecule has 0 spiro atoms. The van der Waals surface area contributed by atoms with Gasteiger partial charge in [-0.2, -0.15) is 5.10 Å². The third-order valence-corrected chi connectivity index (χ3v) is 5.80. The molecular weight excluding hydrogens is 392 g/mol. The zero-order chi connectivity index (χ0) is 21.2. The van der Waals surface area contributed by atoms with Gasteiger partial charge in [0.2, 0.25) is 5.91 Å². The highest BCUT2D eigenvalue weighted by Crippen LogP contribution is 2.27. The number of carbonyl (C=O) groups excluding carboxylic acids is 1. The summed E-state index contributed by atoms with van der Waals surface area (Å²) in [7, 11) is 0. The number of nitrogens with one attached hydrogen (secondary N) is 1. The zero-order valence-corrected chi connectivity index (χ0v) is 17.2. The van der Waals surface area contributed by atoms with Gasteiger partial charge >= 0.3 is 0 Å². The Morgan fingerprint density at radius 1 is 1.10 bits per heavy atom. The summed E-state index contributed by atoms with van der Waals surface area (Å²) in [5.74, 6) is -0.241. The fourth-order valence-electron chi connectivity index (χ4n) is 4.26. The first-order valence-corrected chi connectivity index (χ1v) is 10.6. The predicted octanol–water partition coefficient (Wildman–Crippen LogP) is 2.69. The quantitative estimate of drug-likeness (QED) is 0.524. The normalized spacial score (nSPS) is 16.2. The second kappa shape index (κ2) is 8.35. The van der Waals surface area contributed by atoms with Crippen LogP contribution in [-0.2, 0) is 22.6 Å². The summed E-state index contributed by atoms with van der Waals surface area (Å²) in [6.45, 7) is 1.65. The molecule has 0 unspecified atom stereocenters. The molecule has 1 atom stereocenters. The lowest BCUT2D eigenvalue weighted by Gasteiger charge is -2.12. The van der Waals surface area contributed by atoms with Gasteiger partial charge in [-0.25, -0.2) is 4.68 Å². The number of aromatic nitrogens is 3. The molecule has 0 bridgehead atoms.